The molecule has 222 valence electrons. The third kappa shape index (κ3) is 10.6. The molecule has 0 unspecified atom stereocenters. The van der Waals surface area contributed by atoms with Gasteiger partial charge >= 0.3 is 15.2 Å². The Morgan fingerprint density at radius 1 is 1.03 bits per heavy atom. The van der Waals surface area contributed by atoms with Crippen molar-refractivity contribution in [1.29, 1.82) is 0 Å². The van der Waals surface area contributed by atoms with Gasteiger partial charge in [0.25, 0.3) is 5.08 Å². The molecule has 1 aromatic carbocycles. The fraction of sp³-hybridized carbons (Fsp3) is 0.571. The number of hydrogen-bond donors (Lipinski definition) is 7. The highest BCUT2D eigenvalue weighted by Crippen LogP contribution is 2.69. The summed E-state index contributed by atoms with van der Waals surface area (Å²) in [5.41, 5.74) is 1.62. The Morgan fingerprint density at radius 2 is 1.56 bits per heavy atom. The van der Waals surface area contributed by atoms with E-state index in [4.69, 9.17) is 23.2 Å². The van der Waals surface area contributed by atoms with Crippen LogP contribution >= 0.6 is 38.4 Å². The lowest BCUT2D eigenvalue weighted by molar-refractivity contribution is -0.132. The zero-order valence-corrected chi connectivity index (χ0v) is 24.5. The molecule has 0 radical (unpaired) electrons. The van der Waals surface area contributed by atoms with Crippen molar-refractivity contribution < 1.29 is 48.2 Å². The Hall–Kier alpha value is -1.73. The summed E-state index contributed by atoms with van der Waals surface area (Å²) >= 11 is 11.7. The first-order valence-electron chi connectivity index (χ1n) is 11.6. The van der Waals surface area contributed by atoms with E-state index in [1.165, 1.54) is 7.05 Å². The average molecular weight is 635 g/mol. The molecule has 1 aromatic rings. The van der Waals surface area contributed by atoms with Crippen LogP contribution in [0.25, 0.3) is 0 Å². The van der Waals surface area contributed by atoms with Crippen LogP contribution in [0.5, 0.6) is 0 Å². The number of amides is 3. The molecule has 0 fully saturated rings. The second-order valence-electron chi connectivity index (χ2n) is 8.57. The van der Waals surface area contributed by atoms with E-state index in [9.17, 15) is 48.2 Å². The first-order valence-corrected chi connectivity index (χ1v) is 15.9. The Morgan fingerprint density at radius 3 is 2.03 bits per heavy atom. The van der Waals surface area contributed by atoms with Gasteiger partial charge in [-0.05, 0) is 24.1 Å². The van der Waals surface area contributed by atoms with Crippen molar-refractivity contribution in [2.24, 2.45) is 0 Å². The normalized spacial score (nSPS) is 12.9. The monoisotopic (exact) mass is 634 g/mol. The van der Waals surface area contributed by atoms with E-state index in [0.717, 1.165) is 16.2 Å². The maximum Gasteiger partial charge on any atom is 0.369 e. The van der Waals surface area contributed by atoms with Gasteiger partial charge in [0.15, 0.2) is 0 Å². The summed E-state index contributed by atoms with van der Waals surface area (Å²) in [6.07, 6.45) is -0.853. The number of aliphatic hydroxyl groups is 1. The van der Waals surface area contributed by atoms with E-state index in [1.807, 2.05) is 17.0 Å². The minimum absolute atomic E-state index is 0.128. The van der Waals surface area contributed by atoms with Crippen LogP contribution in [-0.4, -0.2) is 104 Å². The largest absolute Gasteiger partial charge is 0.369 e. The van der Waals surface area contributed by atoms with E-state index in [1.54, 1.807) is 12.1 Å². The predicted molar refractivity (Wildman–Crippen MR) is 146 cm³/mol. The number of halogens is 2. The van der Waals surface area contributed by atoms with Gasteiger partial charge in [-0.1, -0.05) is 12.1 Å². The maximum absolute atomic E-state index is 12.6. The molecule has 0 aromatic heterocycles. The zero-order valence-electron chi connectivity index (χ0n) is 21.2. The number of alkyl halides is 2. The second kappa shape index (κ2) is 15.9. The molecule has 1 rings (SSSR count). The average Bonchev–Trinajstić information content (AvgIpc) is 2.85. The van der Waals surface area contributed by atoms with Crippen molar-refractivity contribution in [2.75, 3.05) is 49.9 Å². The molecule has 0 aliphatic heterocycles. The van der Waals surface area contributed by atoms with Gasteiger partial charge in [0, 0.05) is 57.0 Å². The number of benzene rings is 1. The lowest BCUT2D eigenvalue weighted by Crippen LogP contribution is -2.48. The number of carbonyl (C=O) groups excluding carboxylic acids is 3. The van der Waals surface area contributed by atoms with Gasteiger partial charge in [-0.25, -0.2) is 0 Å². The molecule has 0 spiro atoms. The van der Waals surface area contributed by atoms with Gasteiger partial charge in [0.2, 0.25) is 18.2 Å². The third-order valence-corrected chi connectivity index (χ3v) is 10.0. The number of nitrogens with one attached hydrogen (secondary N) is 2. The summed E-state index contributed by atoms with van der Waals surface area (Å²) in [6, 6.07) is 6.25. The molecule has 0 bridgehead atoms. The lowest BCUT2D eigenvalue weighted by atomic mass is 10.0. The standard InChI is InChI=1S/C21H34Cl2N4O10P2/c1-26(10-2-7-21(31,38(32,33)34)39(35,36)37)19(29)14-24-20(30)18(25-15-28)13-16-3-5-17(6-4-16)27(11-8-22)12-9-23/h3-6,15,18,31H,2,7-14H2,1H3,(H,24,30)(H,25,28)(H2,32,33,34)(H2,35,36,37)/t18-/m0/s1. The molecular weight excluding hydrogens is 601 g/mol. The van der Waals surface area contributed by atoms with Gasteiger partial charge in [-0.2, -0.15) is 0 Å². The summed E-state index contributed by atoms with van der Waals surface area (Å²) in [4.78, 5) is 75.8. The summed E-state index contributed by atoms with van der Waals surface area (Å²) in [5.74, 6) is -0.439. The van der Waals surface area contributed by atoms with Crippen molar-refractivity contribution in [3.63, 3.8) is 0 Å². The number of carbonyl (C=O) groups is 3. The van der Waals surface area contributed by atoms with Gasteiger partial charge in [0.05, 0.1) is 6.54 Å². The van der Waals surface area contributed by atoms with Crippen molar-refractivity contribution in [3.8, 4) is 0 Å². The quantitative estimate of drug-likeness (QED) is 0.0646. The van der Waals surface area contributed by atoms with Crippen LogP contribution in [0.1, 0.15) is 18.4 Å². The zero-order chi connectivity index (χ0) is 29.9. The van der Waals surface area contributed by atoms with Gasteiger partial charge in [0.1, 0.15) is 6.04 Å². The van der Waals surface area contributed by atoms with Gasteiger partial charge in [-0.3, -0.25) is 23.5 Å². The van der Waals surface area contributed by atoms with Crippen LogP contribution in [0.15, 0.2) is 24.3 Å². The highest BCUT2D eigenvalue weighted by molar-refractivity contribution is 7.72. The van der Waals surface area contributed by atoms with Crippen LogP contribution < -0.4 is 15.5 Å². The molecule has 0 saturated carbocycles. The molecule has 3 amide bonds. The van der Waals surface area contributed by atoms with E-state index < -0.39 is 51.1 Å². The Balaban J connectivity index is 2.70. The number of nitrogens with zero attached hydrogens (tertiary/aromatic N) is 2. The Bertz CT molecular complexity index is 1030. The lowest BCUT2D eigenvalue weighted by Gasteiger charge is -2.29. The van der Waals surface area contributed by atoms with Gasteiger partial charge < -0.3 is 45.1 Å². The summed E-state index contributed by atoms with van der Waals surface area (Å²) in [5, 5.41) is 11.1. The topological polar surface area (TPSA) is 217 Å². The number of anilines is 1. The fourth-order valence-corrected chi connectivity index (χ4v) is 6.19. The molecule has 0 heterocycles. The highest BCUT2D eigenvalue weighted by Gasteiger charge is 2.58. The SMILES string of the molecule is CN(CCCC(O)(P(=O)(O)O)P(=O)(O)O)C(=O)CNC(=O)[C@H](Cc1ccc(N(CCCl)CCCl)cc1)NC=O. The molecule has 0 saturated heterocycles. The van der Waals surface area contributed by atoms with Gasteiger partial charge in [-0.15, -0.1) is 23.2 Å². The molecule has 14 nitrogen and oxygen atoms in total. The van der Waals surface area contributed by atoms with Crippen molar-refractivity contribution in [3.05, 3.63) is 29.8 Å². The molecule has 7 N–H and O–H groups in total. The minimum Gasteiger partial charge on any atom is -0.369 e. The highest BCUT2D eigenvalue weighted by atomic mass is 35.5. The molecule has 0 aliphatic carbocycles. The first kappa shape index (κ1) is 35.3. The molecular formula is C21H34Cl2N4O10P2. The van der Waals surface area contributed by atoms with Crippen molar-refractivity contribution in [1.82, 2.24) is 15.5 Å². The van der Waals surface area contributed by atoms with Crippen LogP contribution in [0.4, 0.5) is 5.69 Å². The Labute approximate surface area is 236 Å². The molecule has 39 heavy (non-hydrogen) atoms. The van der Waals surface area contributed by atoms with E-state index in [-0.39, 0.29) is 19.4 Å². The summed E-state index contributed by atoms with van der Waals surface area (Å²) in [7, 11) is -9.90. The smallest absolute Gasteiger partial charge is 0.369 e. The fourth-order valence-electron chi connectivity index (χ4n) is 3.52. The van der Waals surface area contributed by atoms with Crippen LogP contribution in [0, 0.1) is 0 Å². The third-order valence-electron chi connectivity index (χ3n) is 5.81. The predicted octanol–water partition coefficient (Wildman–Crippen LogP) is -0.0160. The minimum atomic E-state index is -5.60. The first-order chi connectivity index (χ1) is 18.1. The van der Waals surface area contributed by atoms with Crippen LogP contribution in [0.2, 0.25) is 0 Å². The number of likely N-dealkylation sites (N-methyl/N-ethyl adjacent to an activating group) is 1. The molecule has 0 aliphatic rings. The second-order valence-corrected chi connectivity index (χ2v) is 13.3. The maximum atomic E-state index is 12.6. The molecule has 18 heteroatoms. The summed E-state index contributed by atoms with van der Waals surface area (Å²) in [6.45, 7) is 0.478. The van der Waals surface area contributed by atoms with E-state index in [2.05, 4.69) is 10.6 Å². The Kier molecular flexibility index (Phi) is 14.4. The number of hydrogen-bond acceptors (Lipinski definition) is 7. The van der Waals surface area contributed by atoms with Crippen LogP contribution in [-0.2, 0) is 29.9 Å². The van der Waals surface area contributed by atoms with Crippen molar-refractivity contribution in [2.45, 2.75) is 30.4 Å². The van der Waals surface area contributed by atoms with E-state index in [0.29, 0.717) is 31.3 Å². The number of rotatable bonds is 18. The van der Waals surface area contributed by atoms with E-state index >= 15 is 0 Å². The summed E-state index contributed by atoms with van der Waals surface area (Å²) < 4.78 is 22.8. The van der Waals surface area contributed by atoms with Crippen molar-refractivity contribution >= 4 is 62.3 Å². The molecule has 1 atom stereocenters. The van der Waals surface area contributed by atoms with Crippen LogP contribution in [0.3, 0.4) is 0 Å².